The summed E-state index contributed by atoms with van der Waals surface area (Å²) in [6.45, 7) is 3.48. The topological polar surface area (TPSA) is 61.3 Å². The third kappa shape index (κ3) is 3.09. The summed E-state index contributed by atoms with van der Waals surface area (Å²) in [7, 11) is 0. The van der Waals surface area contributed by atoms with E-state index >= 15 is 0 Å². The molecule has 0 amide bonds. The molecule has 0 radical (unpaired) electrons. The van der Waals surface area contributed by atoms with Crippen LogP contribution in [0.3, 0.4) is 0 Å². The van der Waals surface area contributed by atoms with E-state index in [2.05, 4.69) is 52.7 Å². The molecule has 2 aliphatic rings. The minimum absolute atomic E-state index is 0.228. The highest BCUT2D eigenvalue weighted by Gasteiger charge is 2.45. The second-order valence-corrected chi connectivity index (χ2v) is 8.03. The van der Waals surface area contributed by atoms with E-state index < -0.39 is 0 Å². The minimum Gasteiger partial charge on any atom is -0.392 e. The predicted molar refractivity (Wildman–Crippen MR) is 111 cm³/mol. The van der Waals surface area contributed by atoms with E-state index in [1.807, 2.05) is 12.3 Å². The van der Waals surface area contributed by atoms with Gasteiger partial charge in [-0.3, -0.25) is 4.90 Å². The van der Waals surface area contributed by atoms with E-state index in [1.54, 1.807) is 0 Å². The number of aromatic nitrogens is 2. The highest BCUT2D eigenvalue weighted by molar-refractivity contribution is 5.86. The molecule has 0 aliphatic carbocycles. The van der Waals surface area contributed by atoms with E-state index in [0.29, 0.717) is 6.54 Å². The number of aliphatic hydroxyl groups is 1. The third-order valence-electron chi connectivity index (χ3n) is 6.25. The molecule has 2 fully saturated rings. The van der Waals surface area contributed by atoms with Crippen LogP contribution < -0.4 is 5.32 Å². The monoisotopic (exact) mass is 374 g/mol. The Morgan fingerprint density at radius 2 is 2.00 bits per heavy atom. The van der Waals surface area contributed by atoms with Crippen LogP contribution in [0.5, 0.6) is 0 Å². The van der Waals surface area contributed by atoms with Crippen LogP contribution in [0.1, 0.15) is 25.1 Å². The molecule has 144 valence electrons. The lowest BCUT2D eigenvalue weighted by Gasteiger charge is -2.43. The molecule has 5 heteroatoms. The van der Waals surface area contributed by atoms with E-state index in [9.17, 15) is 5.11 Å². The molecule has 1 unspecified atom stereocenters. The molecule has 0 bridgehead atoms. The first kappa shape index (κ1) is 17.7. The molecule has 3 aromatic rings. The van der Waals surface area contributed by atoms with Gasteiger partial charge < -0.3 is 10.4 Å². The highest BCUT2D eigenvalue weighted by Crippen LogP contribution is 2.35. The molecule has 2 aromatic carbocycles. The maximum absolute atomic E-state index is 10.2. The van der Waals surface area contributed by atoms with Crippen LogP contribution in [0.25, 0.3) is 22.0 Å². The Kier molecular flexibility index (Phi) is 4.59. The van der Waals surface area contributed by atoms with Gasteiger partial charge >= 0.3 is 0 Å². The van der Waals surface area contributed by atoms with Gasteiger partial charge in [-0.2, -0.15) is 0 Å². The van der Waals surface area contributed by atoms with Gasteiger partial charge in [-0.1, -0.05) is 36.4 Å². The summed E-state index contributed by atoms with van der Waals surface area (Å²) in [4.78, 5) is 12.1. The van der Waals surface area contributed by atoms with Crippen LogP contribution in [0.2, 0.25) is 0 Å². The van der Waals surface area contributed by atoms with Crippen molar-refractivity contribution in [2.75, 3.05) is 26.2 Å². The van der Waals surface area contributed by atoms with Gasteiger partial charge in [0.2, 0.25) is 0 Å². The van der Waals surface area contributed by atoms with Crippen molar-refractivity contribution in [2.45, 2.75) is 30.9 Å². The van der Waals surface area contributed by atoms with Crippen molar-refractivity contribution < 1.29 is 5.11 Å². The fraction of sp³-hybridized carbons (Fsp3) is 0.391. The first-order valence-electron chi connectivity index (χ1n) is 10.2. The summed E-state index contributed by atoms with van der Waals surface area (Å²) in [6, 6.07) is 16.9. The number of β-amino-alcohol motifs (C(OH)–C–C–N with tert-alkyl or cyclic N) is 1. The van der Waals surface area contributed by atoms with Crippen molar-refractivity contribution in [1.82, 2.24) is 20.2 Å². The van der Waals surface area contributed by atoms with E-state index in [0.717, 1.165) is 56.0 Å². The van der Waals surface area contributed by atoms with E-state index in [-0.39, 0.29) is 11.6 Å². The number of hydrogen-bond donors (Lipinski definition) is 2. The highest BCUT2D eigenvalue weighted by atomic mass is 16.3. The van der Waals surface area contributed by atoms with Gasteiger partial charge in [0.05, 0.1) is 17.3 Å². The zero-order chi connectivity index (χ0) is 19.0. The second kappa shape index (κ2) is 7.24. The SMILES string of the molecule is OC1CCCN([C@]2(c3nccc(-c4ccc5ccccc5c4)n3)CCNC2)C1. The Labute approximate surface area is 165 Å². The molecule has 2 atom stereocenters. The predicted octanol–water partition coefficient (Wildman–Crippen LogP) is 2.94. The summed E-state index contributed by atoms with van der Waals surface area (Å²) in [5, 5.41) is 16.2. The molecule has 2 N–H and O–H groups in total. The summed E-state index contributed by atoms with van der Waals surface area (Å²) in [6.07, 6.45) is 4.51. The Hall–Kier alpha value is -2.34. The fourth-order valence-electron chi connectivity index (χ4n) is 4.72. The molecular weight excluding hydrogens is 348 g/mol. The zero-order valence-electron chi connectivity index (χ0n) is 16.0. The van der Waals surface area contributed by atoms with Crippen LogP contribution >= 0.6 is 0 Å². The maximum Gasteiger partial charge on any atom is 0.150 e. The summed E-state index contributed by atoms with van der Waals surface area (Å²) in [5.74, 6) is 0.872. The van der Waals surface area contributed by atoms with Crippen LogP contribution in [-0.2, 0) is 5.54 Å². The molecule has 5 rings (SSSR count). The molecule has 2 saturated heterocycles. The van der Waals surface area contributed by atoms with Gasteiger partial charge in [0.25, 0.3) is 0 Å². The summed E-state index contributed by atoms with van der Waals surface area (Å²) < 4.78 is 0. The number of hydrogen-bond acceptors (Lipinski definition) is 5. The average molecular weight is 374 g/mol. The molecule has 2 aliphatic heterocycles. The van der Waals surface area contributed by atoms with Gasteiger partial charge in [0.15, 0.2) is 5.82 Å². The Morgan fingerprint density at radius 3 is 2.82 bits per heavy atom. The largest absolute Gasteiger partial charge is 0.392 e. The van der Waals surface area contributed by atoms with Gasteiger partial charge in [-0.15, -0.1) is 0 Å². The van der Waals surface area contributed by atoms with Crippen molar-refractivity contribution in [3.8, 4) is 11.3 Å². The number of benzene rings is 2. The van der Waals surface area contributed by atoms with Crippen LogP contribution in [0.4, 0.5) is 0 Å². The van der Waals surface area contributed by atoms with Crippen molar-refractivity contribution >= 4 is 10.8 Å². The molecule has 28 heavy (non-hydrogen) atoms. The van der Waals surface area contributed by atoms with Crippen molar-refractivity contribution in [1.29, 1.82) is 0 Å². The second-order valence-electron chi connectivity index (χ2n) is 8.03. The lowest BCUT2D eigenvalue weighted by atomic mass is 9.91. The molecule has 3 heterocycles. The van der Waals surface area contributed by atoms with Crippen LogP contribution in [0.15, 0.2) is 54.7 Å². The first-order chi connectivity index (χ1) is 13.7. The maximum atomic E-state index is 10.2. The molecule has 0 saturated carbocycles. The molecule has 0 spiro atoms. The summed E-state index contributed by atoms with van der Waals surface area (Å²) in [5.41, 5.74) is 1.84. The standard InChI is InChI=1S/C23H26N4O/c28-20-6-3-13-27(15-20)23(10-12-24-16-23)22-25-11-9-21(26-22)19-8-7-17-4-1-2-5-18(17)14-19/h1-2,4-5,7-9,11,14,20,24,28H,3,6,10,12-13,15-16H2/t20?,23-/m1/s1. The third-order valence-corrected chi connectivity index (χ3v) is 6.25. The molecule has 5 nitrogen and oxygen atoms in total. The van der Waals surface area contributed by atoms with Crippen molar-refractivity contribution in [2.24, 2.45) is 0 Å². The van der Waals surface area contributed by atoms with Gasteiger partial charge in [-0.25, -0.2) is 9.97 Å². The molecule has 1 aromatic heterocycles. The van der Waals surface area contributed by atoms with Gasteiger partial charge in [-0.05, 0) is 55.3 Å². The van der Waals surface area contributed by atoms with Crippen molar-refractivity contribution in [3.63, 3.8) is 0 Å². The number of piperidine rings is 1. The van der Waals surface area contributed by atoms with Gasteiger partial charge in [0, 0.05) is 24.8 Å². The average Bonchev–Trinajstić information content (AvgIpc) is 3.25. The Morgan fingerprint density at radius 1 is 1.11 bits per heavy atom. The van der Waals surface area contributed by atoms with Crippen molar-refractivity contribution in [3.05, 3.63) is 60.6 Å². The Balaban J connectivity index is 1.54. The number of fused-ring (bicyclic) bond motifs is 1. The van der Waals surface area contributed by atoms with Crippen LogP contribution in [0, 0.1) is 0 Å². The van der Waals surface area contributed by atoms with Crippen LogP contribution in [-0.4, -0.2) is 52.3 Å². The minimum atomic E-state index is -0.255. The summed E-state index contributed by atoms with van der Waals surface area (Å²) >= 11 is 0. The normalized spacial score (nSPS) is 26.0. The number of aliphatic hydroxyl groups excluding tert-OH is 1. The van der Waals surface area contributed by atoms with E-state index in [1.165, 1.54) is 10.8 Å². The first-order valence-corrected chi connectivity index (χ1v) is 10.2. The van der Waals surface area contributed by atoms with Gasteiger partial charge in [0.1, 0.15) is 0 Å². The lowest BCUT2D eigenvalue weighted by molar-refractivity contribution is 0.00213. The quantitative estimate of drug-likeness (QED) is 0.738. The lowest BCUT2D eigenvalue weighted by Crippen LogP contribution is -2.54. The smallest absolute Gasteiger partial charge is 0.150 e. The number of nitrogens with one attached hydrogen (secondary N) is 1. The van der Waals surface area contributed by atoms with E-state index in [4.69, 9.17) is 9.97 Å². The number of nitrogens with zero attached hydrogens (tertiary/aromatic N) is 3. The Bertz CT molecular complexity index is 983. The molecular formula is C23H26N4O. The number of rotatable bonds is 3. The zero-order valence-corrected chi connectivity index (χ0v) is 16.0. The number of likely N-dealkylation sites (tertiary alicyclic amines) is 1. The fourth-order valence-corrected chi connectivity index (χ4v) is 4.72.